The summed E-state index contributed by atoms with van der Waals surface area (Å²) >= 11 is 6.20. The van der Waals surface area contributed by atoms with Crippen molar-refractivity contribution in [2.24, 2.45) is 0 Å². The molecule has 5 heteroatoms. The van der Waals surface area contributed by atoms with Crippen molar-refractivity contribution in [2.45, 2.75) is 25.6 Å². The highest BCUT2D eigenvalue weighted by Crippen LogP contribution is 2.28. The van der Waals surface area contributed by atoms with E-state index < -0.39 is 6.04 Å². The zero-order valence-corrected chi connectivity index (χ0v) is 13.9. The fraction of sp³-hybridized carbons (Fsp3) is 0.263. The van der Waals surface area contributed by atoms with Crippen LogP contribution in [0.2, 0.25) is 5.02 Å². The summed E-state index contributed by atoms with van der Waals surface area (Å²) in [4.78, 5) is 28.8. The number of carbonyl (C=O) groups excluding carboxylic acids is 2. The lowest BCUT2D eigenvalue weighted by Crippen LogP contribution is -2.61. The van der Waals surface area contributed by atoms with Crippen LogP contribution in [-0.4, -0.2) is 34.2 Å². The van der Waals surface area contributed by atoms with Gasteiger partial charge in [-0.3, -0.25) is 9.59 Å². The Morgan fingerprint density at radius 2 is 1.67 bits per heavy atom. The fourth-order valence-electron chi connectivity index (χ4n) is 3.51. The van der Waals surface area contributed by atoms with E-state index >= 15 is 0 Å². The van der Waals surface area contributed by atoms with Gasteiger partial charge in [-0.25, -0.2) is 0 Å². The SMILES string of the molecule is O=C1C2Cc3ccccc3CN2C(=O)CN1Cc1ccccc1Cl. The first-order valence-corrected chi connectivity index (χ1v) is 8.40. The molecule has 122 valence electrons. The molecule has 0 saturated carbocycles. The van der Waals surface area contributed by atoms with E-state index in [4.69, 9.17) is 11.6 Å². The first-order chi connectivity index (χ1) is 11.6. The second-order valence-electron chi connectivity index (χ2n) is 6.30. The molecule has 1 saturated heterocycles. The highest BCUT2D eigenvalue weighted by molar-refractivity contribution is 6.31. The maximum absolute atomic E-state index is 12.9. The van der Waals surface area contributed by atoms with E-state index in [-0.39, 0.29) is 18.4 Å². The minimum absolute atomic E-state index is 0.00107. The third kappa shape index (κ3) is 2.57. The minimum atomic E-state index is -0.399. The summed E-state index contributed by atoms with van der Waals surface area (Å²) in [5.41, 5.74) is 3.15. The Hall–Kier alpha value is -2.33. The molecule has 0 radical (unpaired) electrons. The minimum Gasteiger partial charge on any atom is -0.327 e. The number of hydrogen-bond donors (Lipinski definition) is 0. The molecule has 4 nitrogen and oxygen atoms in total. The first kappa shape index (κ1) is 15.2. The molecule has 1 atom stereocenters. The molecule has 0 aromatic heterocycles. The van der Waals surface area contributed by atoms with Gasteiger partial charge in [-0.15, -0.1) is 0 Å². The van der Waals surface area contributed by atoms with E-state index in [0.29, 0.717) is 24.5 Å². The Kier molecular flexibility index (Phi) is 3.77. The van der Waals surface area contributed by atoms with Gasteiger partial charge in [0.1, 0.15) is 12.6 Å². The number of hydrogen-bond acceptors (Lipinski definition) is 2. The fourth-order valence-corrected chi connectivity index (χ4v) is 3.71. The van der Waals surface area contributed by atoms with Crippen LogP contribution >= 0.6 is 11.6 Å². The van der Waals surface area contributed by atoms with Gasteiger partial charge in [0.25, 0.3) is 0 Å². The number of amides is 2. The average molecular weight is 341 g/mol. The summed E-state index contributed by atoms with van der Waals surface area (Å²) in [5, 5.41) is 0.620. The number of nitrogens with zero attached hydrogens (tertiary/aromatic N) is 2. The van der Waals surface area contributed by atoms with Gasteiger partial charge in [-0.05, 0) is 22.8 Å². The molecule has 1 fully saturated rings. The largest absolute Gasteiger partial charge is 0.327 e. The monoisotopic (exact) mass is 340 g/mol. The van der Waals surface area contributed by atoms with Gasteiger partial charge in [0.05, 0.1) is 0 Å². The molecule has 2 amide bonds. The molecule has 2 aliphatic heterocycles. The van der Waals surface area contributed by atoms with E-state index in [1.807, 2.05) is 42.5 Å². The molecular formula is C19H17ClN2O2. The lowest BCUT2D eigenvalue weighted by Gasteiger charge is -2.43. The standard InChI is InChI=1S/C19H17ClN2O2/c20-16-8-4-3-7-15(16)10-21-12-18(23)22-11-14-6-2-1-5-13(14)9-17(22)19(21)24/h1-8,17H,9-12H2. The molecule has 0 N–H and O–H groups in total. The van der Waals surface area contributed by atoms with Crippen LogP contribution in [-0.2, 0) is 29.1 Å². The Morgan fingerprint density at radius 1 is 0.958 bits per heavy atom. The second kappa shape index (κ2) is 5.95. The van der Waals surface area contributed by atoms with Crippen LogP contribution < -0.4 is 0 Å². The smallest absolute Gasteiger partial charge is 0.246 e. The summed E-state index contributed by atoms with van der Waals surface area (Å²) in [6.45, 7) is 1.00. The zero-order valence-electron chi connectivity index (χ0n) is 13.1. The van der Waals surface area contributed by atoms with Crippen LogP contribution in [0.25, 0.3) is 0 Å². The third-order valence-corrected chi connectivity index (χ3v) is 5.18. The van der Waals surface area contributed by atoms with Gasteiger partial charge in [0, 0.05) is 24.5 Å². The molecule has 2 aromatic carbocycles. The van der Waals surface area contributed by atoms with E-state index in [9.17, 15) is 9.59 Å². The van der Waals surface area contributed by atoms with Crippen molar-refractivity contribution in [1.82, 2.24) is 9.80 Å². The lowest BCUT2D eigenvalue weighted by molar-refractivity contribution is -0.157. The topological polar surface area (TPSA) is 40.6 Å². The van der Waals surface area contributed by atoms with Crippen molar-refractivity contribution in [3.05, 3.63) is 70.2 Å². The average Bonchev–Trinajstić information content (AvgIpc) is 2.60. The lowest BCUT2D eigenvalue weighted by atomic mass is 9.91. The van der Waals surface area contributed by atoms with Crippen LogP contribution in [0.4, 0.5) is 0 Å². The van der Waals surface area contributed by atoms with E-state index in [1.54, 1.807) is 15.9 Å². The number of carbonyl (C=O) groups is 2. The zero-order chi connectivity index (χ0) is 16.7. The van der Waals surface area contributed by atoms with Gasteiger partial charge in [-0.2, -0.15) is 0 Å². The number of halogens is 1. The second-order valence-corrected chi connectivity index (χ2v) is 6.70. The molecule has 0 spiro atoms. The molecule has 2 aromatic rings. The van der Waals surface area contributed by atoms with Crippen LogP contribution in [0.15, 0.2) is 48.5 Å². The van der Waals surface area contributed by atoms with E-state index in [2.05, 4.69) is 0 Å². The molecule has 0 bridgehead atoms. The summed E-state index contributed by atoms with van der Waals surface area (Å²) in [5.74, 6) is 0.00480. The molecule has 4 rings (SSSR count). The van der Waals surface area contributed by atoms with E-state index in [0.717, 1.165) is 16.7 Å². The summed E-state index contributed by atoms with van der Waals surface area (Å²) < 4.78 is 0. The Labute approximate surface area is 145 Å². The number of piperazine rings is 1. The quantitative estimate of drug-likeness (QED) is 0.843. The van der Waals surface area contributed by atoms with Crippen molar-refractivity contribution in [2.75, 3.05) is 6.54 Å². The Balaban J connectivity index is 1.60. The van der Waals surface area contributed by atoms with Gasteiger partial charge in [-0.1, -0.05) is 54.1 Å². The van der Waals surface area contributed by atoms with Crippen LogP contribution in [0.3, 0.4) is 0 Å². The molecule has 2 heterocycles. The molecule has 2 aliphatic rings. The van der Waals surface area contributed by atoms with Crippen molar-refractivity contribution in [1.29, 1.82) is 0 Å². The Bertz CT molecular complexity index is 821. The van der Waals surface area contributed by atoms with Gasteiger partial charge < -0.3 is 9.80 Å². The predicted octanol–water partition coefficient (Wildman–Crippen LogP) is 2.64. The van der Waals surface area contributed by atoms with Crippen LogP contribution in [0, 0.1) is 0 Å². The number of fused-ring (bicyclic) bond motifs is 2. The number of rotatable bonds is 2. The Morgan fingerprint density at radius 3 is 2.46 bits per heavy atom. The molecule has 0 aliphatic carbocycles. The van der Waals surface area contributed by atoms with Crippen LogP contribution in [0.1, 0.15) is 16.7 Å². The van der Waals surface area contributed by atoms with Gasteiger partial charge in [0.15, 0.2) is 0 Å². The van der Waals surface area contributed by atoms with Crippen molar-refractivity contribution >= 4 is 23.4 Å². The number of benzene rings is 2. The molecular weight excluding hydrogens is 324 g/mol. The molecule has 1 unspecified atom stereocenters. The summed E-state index contributed by atoms with van der Waals surface area (Å²) in [6.07, 6.45) is 0.583. The summed E-state index contributed by atoms with van der Waals surface area (Å²) in [6, 6.07) is 15.1. The highest BCUT2D eigenvalue weighted by Gasteiger charge is 2.41. The maximum Gasteiger partial charge on any atom is 0.246 e. The maximum atomic E-state index is 12.9. The van der Waals surface area contributed by atoms with Crippen molar-refractivity contribution < 1.29 is 9.59 Å². The first-order valence-electron chi connectivity index (χ1n) is 8.02. The molecule has 24 heavy (non-hydrogen) atoms. The van der Waals surface area contributed by atoms with Crippen molar-refractivity contribution in [3.63, 3.8) is 0 Å². The highest BCUT2D eigenvalue weighted by atomic mass is 35.5. The van der Waals surface area contributed by atoms with Crippen LogP contribution in [0.5, 0.6) is 0 Å². The summed E-state index contributed by atoms with van der Waals surface area (Å²) in [7, 11) is 0. The van der Waals surface area contributed by atoms with Crippen molar-refractivity contribution in [3.8, 4) is 0 Å². The van der Waals surface area contributed by atoms with E-state index in [1.165, 1.54) is 0 Å². The predicted molar refractivity (Wildman–Crippen MR) is 91.4 cm³/mol. The third-order valence-electron chi connectivity index (χ3n) is 4.81. The van der Waals surface area contributed by atoms with Gasteiger partial charge in [0.2, 0.25) is 11.8 Å². The van der Waals surface area contributed by atoms with Gasteiger partial charge >= 0.3 is 0 Å². The normalized spacial score (nSPS) is 20.0.